The van der Waals surface area contributed by atoms with Crippen molar-refractivity contribution in [3.05, 3.63) is 52.8 Å². The Bertz CT molecular complexity index is 641. The maximum absolute atomic E-state index is 13.8. The Morgan fingerprint density at radius 3 is 2.45 bits per heavy atom. The lowest BCUT2D eigenvalue weighted by Crippen LogP contribution is -2.09. The second kappa shape index (κ2) is 5.41. The molecule has 0 bridgehead atoms. The van der Waals surface area contributed by atoms with E-state index in [1.54, 1.807) is 6.07 Å². The third kappa shape index (κ3) is 2.69. The predicted molar refractivity (Wildman–Crippen MR) is 77.7 cm³/mol. The molecule has 0 aliphatic heterocycles. The number of hydrogen-bond donors (Lipinski definition) is 3. The van der Waals surface area contributed by atoms with Gasteiger partial charge in [-0.3, -0.25) is 0 Å². The largest absolute Gasteiger partial charge is 0.508 e. The smallest absolute Gasteiger partial charge is 0.132 e. The van der Waals surface area contributed by atoms with Gasteiger partial charge in [-0.05, 0) is 38.5 Å². The summed E-state index contributed by atoms with van der Waals surface area (Å²) in [5.41, 5.74) is 2.75. The van der Waals surface area contributed by atoms with E-state index in [2.05, 4.69) is 5.32 Å². The minimum atomic E-state index is -0.459. The lowest BCUT2D eigenvalue weighted by Gasteiger charge is -2.19. The second-order valence-corrected chi connectivity index (χ2v) is 4.98. The van der Waals surface area contributed by atoms with Crippen LogP contribution in [0.5, 0.6) is 11.5 Å². The SMILES string of the molecule is Cc1ccc(NC(C)c2ccc(O)cc2F)c(C)c1O. The number of benzene rings is 2. The topological polar surface area (TPSA) is 52.5 Å². The van der Waals surface area contributed by atoms with Gasteiger partial charge in [0.2, 0.25) is 0 Å². The average Bonchev–Trinajstić information content (AvgIpc) is 2.39. The molecule has 0 saturated heterocycles. The van der Waals surface area contributed by atoms with Crippen molar-refractivity contribution in [2.24, 2.45) is 0 Å². The quantitative estimate of drug-likeness (QED) is 0.792. The third-order valence-electron chi connectivity index (χ3n) is 3.46. The first-order valence-electron chi connectivity index (χ1n) is 6.44. The summed E-state index contributed by atoms with van der Waals surface area (Å²) in [4.78, 5) is 0. The van der Waals surface area contributed by atoms with Crippen molar-refractivity contribution in [3.63, 3.8) is 0 Å². The lowest BCUT2D eigenvalue weighted by atomic mass is 10.0. The first-order valence-corrected chi connectivity index (χ1v) is 6.44. The van der Waals surface area contributed by atoms with E-state index in [1.807, 2.05) is 32.9 Å². The number of aromatic hydroxyl groups is 2. The molecule has 20 heavy (non-hydrogen) atoms. The van der Waals surface area contributed by atoms with Gasteiger partial charge < -0.3 is 15.5 Å². The van der Waals surface area contributed by atoms with Crippen molar-refractivity contribution < 1.29 is 14.6 Å². The molecule has 3 N–H and O–H groups in total. The molecular weight excluding hydrogens is 257 g/mol. The van der Waals surface area contributed by atoms with E-state index in [0.29, 0.717) is 5.56 Å². The van der Waals surface area contributed by atoms with Crippen molar-refractivity contribution in [2.75, 3.05) is 5.32 Å². The molecule has 0 heterocycles. The number of anilines is 1. The van der Waals surface area contributed by atoms with Gasteiger partial charge in [-0.25, -0.2) is 4.39 Å². The Balaban J connectivity index is 2.28. The standard InChI is InChI=1S/C16H18FNO2/c1-9-4-7-15(10(2)16(9)20)18-11(3)13-6-5-12(19)8-14(13)17/h4-8,11,18-20H,1-3H3. The molecule has 0 amide bonds. The van der Waals surface area contributed by atoms with Gasteiger partial charge in [-0.15, -0.1) is 0 Å². The van der Waals surface area contributed by atoms with Gasteiger partial charge in [0.15, 0.2) is 0 Å². The maximum Gasteiger partial charge on any atom is 0.132 e. The number of aryl methyl sites for hydroxylation is 1. The maximum atomic E-state index is 13.8. The second-order valence-electron chi connectivity index (χ2n) is 4.98. The van der Waals surface area contributed by atoms with Crippen LogP contribution in [0.15, 0.2) is 30.3 Å². The van der Waals surface area contributed by atoms with Crippen molar-refractivity contribution in [1.82, 2.24) is 0 Å². The highest BCUT2D eigenvalue weighted by Crippen LogP contribution is 2.31. The molecule has 3 nitrogen and oxygen atoms in total. The van der Waals surface area contributed by atoms with Gasteiger partial charge >= 0.3 is 0 Å². The van der Waals surface area contributed by atoms with Crippen LogP contribution in [0.1, 0.15) is 29.7 Å². The number of halogens is 1. The zero-order valence-electron chi connectivity index (χ0n) is 11.7. The molecule has 0 aliphatic carbocycles. The van der Waals surface area contributed by atoms with Crippen molar-refractivity contribution >= 4 is 5.69 Å². The van der Waals surface area contributed by atoms with E-state index >= 15 is 0 Å². The van der Waals surface area contributed by atoms with Gasteiger partial charge in [-0.1, -0.05) is 12.1 Å². The van der Waals surface area contributed by atoms with E-state index in [0.717, 1.165) is 22.9 Å². The molecule has 1 unspecified atom stereocenters. The number of hydrogen-bond acceptors (Lipinski definition) is 3. The van der Waals surface area contributed by atoms with Crippen molar-refractivity contribution in [1.29, 1.82) is 0 Å². The number of phenols is 2. The lowest BCUT2D eigenvalue weighted by molar-refractivity contribution is 0.467. The van der Waals surface area contributed by atoms with E-state index in [-0.39, 0.29) is 17.5 Å². The molecule has 0 saturated carbocycles. The highest BCUT2D eigenvalue weighted by Gasteiger charge is 2.14. The van der Waals surface area contributed by atoms with Gasteiger partial charge in [0.25, 0.3) is 0 Å². The van der Waals surface area contributed by atoms with Crippen molar-refractivity contribution in [3.8, 4) is 11.5 Å². The Kier molecular flexibility index (Phi) is 3.84. The monoisotopic (exact) mass is 275 g/mol. The summed E-state index contributed by atoms with van der Waals surface area (Å²) in [5, 5.41) is 22.3. The Morgan fingerprint density at radius 1 is 1.10 bits per heavy atom. The molecule has 2 aromatic carbocycles. The van der Waals surface area contributed by atoms with E-state index in [9.17, 15) is 14.6 Å². The van der Waals surface area contributed by atoms with Gasteiger partial charge in [0, 0.05) is 22.9 Å². The van der Waals surface area contributed by atoms with E-state index in [1.165, 1.54) is 6.07 Å². The molecule has 4 heteroatoms. The zero-order chi connectivity index (χ0) is 14.9. The Labute approximate surface area is 117 Å². The normalized spacial score (nSPS) is 12.2. The molecule has 2 aromatic rings. The summed E-state index contributed by atoms with van der Waals surface area (Å²) in [7, 11) is 0. The summed E-state index contributed by atoms with van der Waals surface area (Å²) in [5.74, 6) is -0.310. The first kappa shape index (κ1) is 14.2. The Hall–Kier alpha value is -2.23. The van der Waals surface area contributed by atoms with Crippen LogP contribution in [0.25, 0.3) is 0 Å². The van der Waals surface area contributed by atoms with Gasteiger partial charge in [0.05, 0.1) is 6.04 Å². The van der Waals surface area contributed by atoms with Gasteiger partial charge in [0.1, 0.15) is 17.3 Å². The minimum absolute atomic E-state index is 0.0948. The summed E-state index contributed by atoms with van der Waals surface area (Å²) < 4.78 is 13.8. The summed E-state index contributed by atoms with van der Waals surface area (Å²) in [6, 6.07) is 7.48. The molecule has 0 fully saturated rings. The molecule has 0 spiro atoms. The molecular formula is C16H18FNO2. The molecule has 1 atom stereocenters. The first-order chi connectivity index (χ1) is 9.40. The van der Waals surface area contributed by atoms with E-state index in [4.69, 9.17) is 0 Å². The highest BCUT2D eigenvalue weighted by molar-refractivity contribution is 5.60. The van der Waals surface area contributed by atoms with Crippen LogP contribution in [0.3, 0.4) is 0 Å². The summed E-state index contributed by atoms with van der Waals surface area (Å²) in [6.45, 7) is 5.46. The van der Waals surface area contributed by atoms with Crippen LogP contribution in [0.4, 0.5) is 10.1 Å². The number of nitrogens with one attached hydrogen (secondary N) is 1. The van der Waals surface area contributed by atoms with Crippen LogP contribution in [-0.4, -0.2) is 10.2 Å². The zero-order valence-corrected chi connectivity index (χ0v) is 11.7. The number of rotatable bonds is 3. The Morgan fingerprint density at radius 2 is 1.80 bits per heavy atom. The van der Waals surface area contributed by atoms with Crippen molar-refractivity contribution in [2.45, 2.75) is 26.8 Å². The molecule has 106 valence electrons. The third-order valence-corrected chi connectivity index (χ3v) is 3.46. The molecule has 0 radical (unpaired) electrons. The summed E-state index contributed by atoms with van der Waals surface area (Å²) in [6.07, 6.45) is 0. The summed E-state index contributed by atoms with van der Waals surface area (Å²) >= 11 is 0. The molecule has 0 aliphatic rings. The van der Waals surface area contributed by atoms with E-state index < -0.39 is 5.82 Å². The predicted octanol–water partition coefficient (Wildman–Crippen LogP) is 4.03. The van der Waals surface area contributed by atoms with Crippen LogP contribution in [0, 0.1) is 19.7 Å². The van der Waals surface area contributed by atoms with Crippen LogP contribution < -0.4 is 5.32 Å². The minimum Gasteiger partial charge on any atom is -0.508 e. The van der Waals surface area contributed by atoms with Crippen LogP contribution in [0.2, 0.25) is 0 Å². The van der Waals surface area contributed by atoms with Gasteiger partial charge in [-0.2, -0.15) is 0 Å². The van der Waals surface area contributed by atoms with Crippen LogP contribution >= 0.6 is 0 Å². The number of phenolic OH excluding ortho intramolecular Hbond substituents is 2. The fourth-order valence-corrected chi connectivity index (χ4v) is 2.17. The highest BCUT2D eigenvalue weighted by atomic mass is 19.1. The fourth-order valence-electron chi connectivity index (χ4n) is 2.17. The van der Waals surface area contributed by atoms with Crippen LogP contribution in [-0.2, 0) is 0 Å². The molecule has 2 rings (SSSR count). The molecule has 0 aromatic heterocycles. The average molecular weight is 275 g/mol. The fraction of sp³-hybridized carbons (Fsp3) is 0.250.